The predicted octanol–water partition coefficient (Wildman–Crippen LogP) is 5.09. The number of amides is 1. The largest absolute Gasteiger partial charge is 0.461 e. The molecule has 5 aromatic rings. The predicted molar refractivity (Wildman–Crippen MR) is 110 cm³/mol. The summed E-state index contributed by atoms with van der Waals surface area (Å²) in [7, 11) is 0. The van der Waals surface area contributed by atoms with Crippen LogP contribution >= 0.6 is 0 Å². The molecule has 28 heavy (non-hydrogen) atoms. The molecular weight excluding hydrogens is 350 g/mol. The van der Waals surface area contributed by atoms with Gasteiger partial charge in [-0.15, -0.1) is 0 Å². The first-order valence-corrected chi connectivity index (χ1v) is 9.06. The van der Waals surface area contributed by atoms with Crippen molar-refractivity contribution in [3.8, 4) is 11.6 Å². The third-order valence-corrected chi connectivity index (χ3v) is 4.76. The average molecular weight is 367 g/mol. The lowest BCUT2D eigenvalue weighted by Crippen LogP contribution is -2.19. The van der Waals surface area contributed by atoms with Crippen molar-refractivity contribution < 1.29 is 9.21 Å². The number of benzene rings is 3. The Morgan fingerprint density at radius 3 is 2.64 bits per heavy atom. The fourth-order valence-corrected chi connectivity index (χ4v) is 3.50. The molecule has 2 aromatic heterocycles. The van der Waals surface area contributed by atoms with Crippen molar-refractivity contribution in [2.45, 2.75) is 6.54 Å². The molecule has 0 radical (unpaired) electrons. The summed E-state index contributed by atoms with van der Waals surface area (Å²) in [5.41, 5.74) is 2.51. The number of nitrogens with one attached hydrogen (secondary N) is 1. The highest BCUT2D eigenvalue weighted by molar-refractivity contribution is 6.02. The van der Waals surface area contributed by atoms with E-state index in [0.29, 0.717) is 11.6 Å². The molecule has 5 rings (SSSR count). The molecule has 0 aliphatic carbocycles. The van der Waals surface area contributed by atoms with E-state index in [4.69, 9.17) is 4.42 Å². The summed E-state index contributed by atoms with van der Waals surface area (Å²) in [4.78, 5) is 17.6. The molecule has 0 saturated carbocycles. The zero-order chi connectivity index (χ0) is 18.9. The number of rotatable bonds is 4. The van der Waals surface area contributed by atoms with Gasteiger partial charge in [0.15, 0.2) is 11.6 Å². The average Bonchev–Trinajstić information content (AvgIpc) is 3.37. The van der Waals surface area contributed by atoms with Gasteiger partial charge in [-0.05, 0) is 35.7 Å². The van der Waals surface area contributed by atoms with Gasteiger partial charge in [0.1, 0.15) is 6.54 Å². The van der Waals surface area contributed by atoms with Gasteiger partial charge < -0.3 is 14.3 Å². The van der Waals surface area contributed by atoms with Gasteiger partial charge in [0.2, 0.25) is 5.91 Å². The molecule has 0 spiro atoms. The number of anilines is 1. The molecule has 5 nitrogen and oxygen atoms in total. The van der Waals surface area contributed by atoms with E-state index < -0.39 is 0 Å². The molecular formula is C23H17N3O2. The number of furan rings is 1. The van der Waals surface area contributed by atoms with Gasteiger partial charge in [0.25, 0.3) is 0 Å². The minimum atomic E-state index is -0.118. The summed E-state index contributed by atoms with van der Waals surface area (Å²) < 4.78 is 7.42. The van der Waals surface area contributed by atoms with Gasteiger partial charge in [-0.2, -0.15) is 0 Å². The zero-order valence-corrected chi connectivity index (χ0v) is 15.0. The second-order valence-electron chi connectivity index (χ2n) is 6.56. The van der Waals surface area contributed by atoms with Gasteiger partial charge in [-0.25, -0.2) is 4.98 Å². The number of nitrogens with zero attached hydrogens (tertiary/aromatic N) is 2. The highest BCUT2D eigenvalue weighted by atomic mass is 16.3. The highest BCUT2D eigenvalue weighted by Crippen LogP contribution is 2.26. The summed E-state index contributed by atoms with van der Waals surface area (Å²) in [5, 5.41) is 5.14. The van der Waals surface area contributed by atoms with E-state index in [9.17, 15) is 4.79 Å². The maximum Gasteiger partial charge on any atom is 0.244 e. The standard InChI is InChI=1S/C23H17N3O2/c27-22(24-18-11-5-8-16-7-1-2-9-17(16)18)15-26-20-12-4-3-10-19(20)25-23(26)21-13-6-14-28-21/h1-14H,15H2,(H,24,27). The van der Waals surface area contributed by atoms with Crippen molar-refractivity contribution in [1.29, 1.82) is 0 Å². The highest BCUT2D eigenvalue weighted by Gasteiger charge is 2.17. The molecule has 0 aliphatic heterocycles. The molecule has 2 heterocycles. The summed E-state index contributed by atoms with van der Waals surface area (Å²) in [6.07, 6.45) is 1.61. The molecule has 0 bridgehead atoms. The molecule has 136 valence electrons. The fraction of sp³-hybridized carbons (Fsp3) is 0.0435. The Morgan fingerprint density at radius 2 is 1.75 bits per heavy atom. The zero-order valence-electron chi connectivity index (χ0n) is 15.0. The number of carbonyl (C=O) groups excluding carboxylic acids is 1. The minimum absolute atomic E-state index is 0.118. The molecule has 1 amide bonds. The van der Waals surface area contributed by atoms with Gasteiger partial charge in [-0.3, -0.25) is 4.79 Å². The van der Waals surface area contributed by atoms with Crippen molar-refractivity contribution in [3.05, 3.63) is 85.1 Å². The molecule has 5 heteroatoms. The fourth-order valence-electron chi connectivity index (χ4n) is 3.50. The number of para-hydroxylation sites is 2. The number of hydrogen-bond acceptors (Lipinski definition) is 3. The van der Waals surface area contributed by atoms with Crippen LogP contribution in [0.1, 0.15) is 0 Å². The lowest BCUT2D eigenvalue weighted by molar-refractivity contribution is -0.116. The van der Waals surface area contributed by atoms with Gasteiger partial charge in [0.05, 0.1) is 17.3 Å². The Labute approximate surface area is 161 Å². The Hall–Kier alpha value is -3.86. The van der Waals surface area contributed by atoms with E-state index in [1.54, 1.807) is 6.26 Å². The number of imidazole rings is 1. The van der Waals surface area contributed by atoms with Gasteiger partial charge >= 0.3 is 0 Å². The van der Waals surface area contributed by atoms with Crippen LogP contribution in [0.3, 0.4) is 0 Å². The number of aromatic nitrogens is 2. The van der Waals surface area contributed by atoms with Crippen LogP contribution in [0.4, 0.5) is 5.69 Å². The summed E-state index contributed by atoms with van der Waals surface area (Å²) in [6, 6.07) is 25.3. The molecule has 0 unspecified atom stereocenters. The molecule has 0 atom stereocenters. The third-order valence-electron chi connectivity index (χ3n) is 4.76. The van der Waals surface area contributed by atoms with Crippen molar-refractivity contribution >= 4 is 33.4 Å². The van der Waals surface area contributed by atoms with Crippen molar-refractivity contribution in [2.24, 2.45) is 0 Å². The summed E-state index contributed by atoms with van der Waals surface area (Å²) in [5.74, 6) is 1.15. The monoisotopic (exact) mass is 367 g/mol. The quantitative estimate of drug-likeness (QED) is 0.481. The number of carbonyl (C=O) groups is 1. The molecule has 0 fully saturated rings. The smallest absolute Gasteiger partial charge is 0.244 e. The van der Waals surface area contributed by atoms with E-state index in [1.807, 2.05) is 83.4 Å². The van der Waals surface area contributed by atoms with Crippen molar-refractivity contribution in [3.63, 3.8) is 0 Å². The van der Waals surface area contributed by atoms with E-state index in [-0.39, 0.29) is 12.5 Å². The maximum atomic E-state index is 12.9. The Morgan fingerprint density at radius 1 is 0.929 bits per heavy atom. The van der Waals surface area contributed by atoms with Crippen LogP contribution in [0, 0.1) is 0 Å². The van der Waals surface area contributed by atoms with Crippen LogP contribution in [0.25, 0.3) is 33.4 Å². The van der Waals surface area contributed by atoms with E-state index in [1.165, 1.54) is 0 Å². The second-order valence-corrected chi connectivity index (χ2v) is 6.56. The van der Waals surface area contributed by atoms with Crippen LogP contribution in [-0.2, 0) is 11.3 Å². The normalized spacial score (nSPS) is 11.1. The lowest BCUT2D eigenvalue weighted by atomic mass is 10.1. The first kappa shape index (κ1) is 16.3. The van der Waals surface area contributed by atoms with Crippen LogP contribution < -0.4 is 5.32 Å². The first-order valence-electron chi connectivity index (χ1n) is 9.06. The molecule has 3 aromatic carbocycles. The van der Waals surface area contributed by atoms with E-state index in [0.717, 1.165) is 27.5 Å². The van der Waals surface area contributed by atoms with Gasteiger partial charge in [-0.1, -0.05) is 48.5 Å². The summed E-state index contributed by atoms with van der Waals surface area (Å²) in [6.45, 7) is 0.139. The first-order chi connectivity index (χ1) is 13.8. The van der Waals surface area contributed by atoms with Crippen molar-refractivity contribution in [2.75, 3.05) is 5.32 Å². The Balaban J connectivity index is 1.51. The Bertz CT molecular complexity index is 1280. The topological polar surface area (TPSA) is 60.1 Å². The number of hydrogen-bond donors (Lipinski definition) is 1. The van der Waals surface area contributed by atoms with Crippen LogP contribution in [0.2, 0.25) is 0 Å². The van der Waals surface area contributed by atoms with E-state index >= 15 is 0 Å². The van der Waals surface area contributed by atoms with Gasteiger partial charge in [0, 0.05) is 11.1 Å². The summed E-state index contributed by atoms with van der Waals surface area (Å²) >= 11 is 0. The maximum absolute atomic E-state index is 12.9. The lowest BCUT2D eigenvalue weighted by Gasteiger charge is -2.11. The van der Waals surface area contributed by atoms with Crippen LogP contribution in [-0.4, -0.2) is 15.5 Å². The second kappa shape index (κ2) is 6.70. The Kier molecular flexibility index (Phi) is 3.91. The van der Waals surface area contributed by atoms with E-state index in [2.05, 4.69) is 10.3 Å². The SMILES string of the molecule is O=C(Cn1c(-c2ccco2)nc2ccccc21)Nc1cccc2ccccc12. The van der Waals surface area contributed by atoms with Crippen LogP contribution in [0.5, 0.6) is 0 Å². The molecule has 0 aliphatic rings. The minimum Gasteiger partial charge on any atom is -0.461 e. The number of fused-ring (bicyclic) bond motifs is 2. The van der Waals surface area contributed by atoms with Crippen LogP contribution in [0.15, 0.2) is 89.5 Å². The molecule has 1 N–H and O–H groups in total. The molecule has 0 saturated heterocycles. The third kappa shape index (κ3) is 2.83. The van der Waals surface area contributed by atoms with Crippen molar-refractivity contribution in [1.82, 2.24) is 9.55 Å².